The molecule has 0 bridgehead atoms. The highest BCUT2D eigenvalue weighted by atomic mass is 32.1. The maximum atomic E-state index is 13.9. The Morgan fingerprint density at radius 3 is 2.26 bits per heavy atom. The van der Waals surface area contributed by atoms with Crippen molar-refractivity contribution < 1.29 is 19.1 Å². The van der Waals surface area contributed by atoms with Crippen molar-refractivity contribution >= 4 is 40.6 Å². The van der Waals surface area contributed by atoms with Gasteiger partial charge in [-0.2, -0.15) is 4.37 Å². The zero-order chi connectivity index (χ0) is 25.8. The summed E-state index contributed by atoms with van der Waals surface area (Å²) in [6, 6.07) is 8.99. The van der Waals surface area contributed by atoms with Crippen LogP contribution < -0.4 is 26.4 Å². The SMILES string of the molecule is CCOc1ccc(N(C(=O)c2snc(C(N)=O)c2N)[C@H](C(=O)NC(C)(C)C)c2ccncc2)cc1. The number of nitrogen functional groups attached to an aromatic ring is 1. The van der Waals surface area contributed by atoms with Crippen LogP contribution in [0, 0.1) is 0 Å². The van der Waals surface area contributed by atoms with E-state index in [2.05, 4.69) is 14.7 Å². The van der Waals surface area contributed by atoms with E-state index in [4.69, 9.17) is 16.2 Å². The largest absolute Gasteiger partial charge is 0.494 e. The second-order valence-electron chi connectivity index (χ2n) is 8.66. The van der Waals surface area contributed by atoms with E-state index in [0.717, 1.165) is 11.5 Å². The lowest BCUT2D eigenvalue weighted by Gasteiger charge is -2.33. The number of primary amides is 1. The van der Waals surface area contributed by atoms with Gasteiger partial charge in [0.15, 0.2) is 5.69 Å². The first-order chi connectivity index (χ1) is 16.5. The highest BCUT2D eigenvalue weighted by Gasteiger charge is 2.37. The van der Waals surface area contributed by atoms with Crippen molar-refractivity contribution in [2.75, 3.05) is 17.2 Å². The number of ether oxygens (including phenoxy) is 1. The predicted octanol–water partition coefficient (Wildman–Crippen LogP) is 2.92. The van der Waals surface area contributed by atoms with Crippen LogP contribution in [0.1, 0.15) is 59.5 Å². The van der Waals surface area contributed by atoms with Gasteiger partial charge in [0.1, 0.15) is 16.7 Å². The molecule has 35 heavy (non-hydrogen) atoms. The van der Waals surface area contributed by atoms with E-state index in [9.17, 15) is 14.4 Å². The van der Waals surface area contributed by atoms with Crippen molar-refractivity contribution in [1.29, 1.82) is 0 Å². The summed E-state index contributed by atoms with van der Waals surface area (Å²) in [5.74, 6) is -1.26. The number of aromatic nitrogens is 2. The average Bonchev–Trinajstić information content (AvgIpc) is 3.19. The first-order valence-electron chi connectivity index (χ1n) is 10.9. The smallest absolute Gasteiger partial charge is 0.273 e. The van der Waals surface area contributed by atoms with Crippen LogP contribution in [-0.4, -0.2) is 39.2 Å². The first kappa shape index (κ1) is 25.6. The summed E-state index contributed by atoms with van der Waals surface area (Å²) < 4.78 is 9.47. The number of nitrogens with two attached hydrogens (primary N) is 2. The number of amides is 3. The number of hydrogen-bond donors (Lipinski definition) is 3. The monoisotopic (exact) mass is 496 g/mol. The van der Waals surface area contributed by atoms with Gasteiger partial charge in [0.2, 0.25) is 5.91 Å². The minimum absolute atomic E-state index is 0.00435. The fourth-order valence-corrected chi connectivity index (χ4v) is 4.14. The molecule has 0 saturated heterocycles. The molecule has 0 unspecified atom stereocenters. The molecule has 11 heteroatoms. The summed E-state index contributed by atoms with van der Waals surface area (Å²) in [6.07, 6.45) is 3.08. The molecular formula is C24H28N6O4S. The lowest BCUT2D eigenvalue weighted by Crippen LogP contribution is -2.49. The maximum absolute atomic E-state index is 13.9. The number of carbonyl (C=O) groups excluding carboxylic acids is 3. The summed E-state index contributed by atoms with van der Waals surface area (Å²) in [5, 5.41) is 2.95. The molecule has 0 fully saturated rings. The van der Waals surface area contributed by atoms with Crippen molar-refractivity contribution in [3.05, 3.63) is 64.9 Å². The van der Waals surface area contributed by atoms with Gasteiger partial charge in [0, 0.05) is 23.6 Å². The van der Waals surface area contributed by atoms with Crippen LogP contribution in [0.15, 0.2) is 48.8 Å². The van der Waals surface area contributed by atoms with Gasteiger partial charge < -0.3 is 21.5 Å². The minimum Gasteiger partial charge on any atom is -0.494 e. The van der Waals surface area contributed by atoms with Crippen molar-refractivity contribution in [3.63, 3.8) is 0 Å². The molecule has 0 aliphatic heterocycles. The predicted molar refractivity (Wildman–Crippen MR) is 134 cm³/mol. The molecule has 10 nitrogen and oxygen atoms in total. The van der Waals surface area contributed by atoms with E-state index >= 15 is 0 Å². The van der Waals surface area contributed by atoms with E-state index in [0.29, 0.717) is 23.6 Å². The topological polar surface area (TPSA) is 154 Å². The normalized spacial score (nSPS) is 12.0. The first-order valence-corrected chi connectivity index (χ1v) is 11.6. The van der Waals surface area contributed by atoms with Crippen molar-refractivity contribution in [2.24, 2.45) is 5.73 Å². The minimum atomic E-state index is -1.08. The standard InChI is InChI=1S/C24H28N6O4S/c1-5-34-16-8-6-15(7-9-16)30(23(33)20-17(25)18(21(26)31)29-35-20)19(14-10-12-27-13-11-14)22(32)28-24(2,3)4/h6-13,19H,5,25H2,1-4H3,(H2,26,31)(H,28,32)/t19-/m0/s1. The molecule has 3 amide bonds. The van der Waals surface area contributed by atoms with E-state index in [1.165, 1.54) is 4.90 Å². The fourth-order valence-electron chi connectivity index (χ4n) is 3.39. The molecule has 3 aromatic rings. The Morgan fingerprint density at radius 1 is 1.11 bits per heavy atom. The number of rotatable bonds is 8. The zero-order valence-corrected chi connectivity index (χ0v) is 20.8. The van der Waals surface area contributed by atoms with E-state index in [1.54, 1.807) is 48.8 Å². The molecule has 3 rings (SSSR count). The van der Waals surface area contributed by atoms with Crippen LogP contribution in [0.3, 0.4) is 0 Å². The molecule has 1 atom stereocenters. The summed E-state index contributed by atoms with van der Waals surface area (Å²) >= 11 is 0.749. The number of benzene rings is 1. The number of pyridine rings is 1. The van der Waals surface area contributed by atoms with Crippen molar-refractivity contribution in [1.82, 2.24) is 14.7 Å². The van der Waals surface area contributed by atoms with E-state index in [-0.39, 0.29) is 16.3 Å². The summed E-state index contributed by atoms with van der Waals surface area (Å²) in [6.45, 7) is 7.87. The number of nitrogens with one attached hydrogen (secondary N) is 1. The van der Waals surface area contributed by atoms with Crippen LogP contribution in [0.2, 0.25) is 0 Å². The molecular weight excluding hydrogens is 468 g/mol. The van der Waals surface area contributed by atoms with Crippen LogP contribution in [0.4, 0.5) is 11.4 Å². The number of carbonyl (C=O) groups is 3. The number of hydrogen-bond acceptors (Lipinski definition) is 8. The highest BCUT2D eigenvalue weighted by molar-refractivity contribution is 7.09. The highest BCUT2D eigenvalue weighted by Crippen LogP contribution is 2.34. The molecule has 184 valence electrons. The summed E-state index contributed by atoms with van der Waals surface area (Å²) in [7, 11) is 0. The fraction of sp³-hybridized carbons (Fsp3) is 0.292. The van der Waals surface area contributed by atoms with Crippen molar-refractivity contribution in [3.8, 4) is 5.75 Å². The zero-order valence-electron chi connectivity index (χ0n) is 19.9. The number of anilines is 2. The molecule has 0 saturated carbocycles. The third-order valence-corrected chi connectivity index (χ3v) is 5.68. The lowest BCUT2D eigenvalue weighted by molar-refractivity contribution is -0.123. The Hall–Kier alpha value is -3.99. The van der Waals surface area contributed by atoms with Crippen LogP contribution in [0.5, 0.6) is 5.75 Å². The second kappa shape index (κ2) is 10.5. The Labute approximate surface area is 207 Å². The van der Waals surface area contributed by atoms with Crippen molar-refractivity contribution in [2.45, 2.75) is 39.3 Å². The molecule has 1 aromatic carbocycles. The van der Waals surface area contributed by atoms with E-state index in [1.807, 2.05) is 27.7 Å². The van der Waals surface area contributed by atoms with Gasteiger partial charge in [-0.25, -0.2) is 0 Å². The maximum Gasteiger partial charge on any atom is 0.273 e. The molecule has 2 aromatic heterocycles. The second-order valence-corrected chi connectivity index (χ2v) is 9.44. The van der Waals surface area contributed by atoms with E-state index < -0.39 is 29.3 Å². The molecule has 5 N–H and O–H groups in total. The third-order valence-electron chi connectivity index (χ3n) is 4.83. The van der Waals surface area contributed by atoms with Crippen LogP contribution in [0.25, 0.3) is 0 Å². The quantitative estimate of drug-likeness (QED) is 0.433. The molecule has 0 aliphatic carbocycles. The Kier molecular flexibility index (Phi) is 7.70. The Balaban J connectivity index is 2.20. The van der Waals surface area contributed by atoms with Crippen LogP contribution >= 0.6 is 11.5 Å². The van der Waals surface area contributed by atoms with Gasteiger partial charge >= 0.3 is 0 Å². The van der Waals surface area contributed by atoms with Gasteiger partial charge in [0.05, 0.1) is 12.3 Å². The third kappa shape index (κ3) is 5.93. The Bertz CT molecular complexity index is 1210. The molecule has 2 heterocycles. The Morgan fingerprint density at radius 2 is 1.74 bits per heavy atom. The van der Waals surface area contributed by atoms with Gasteiger partial charge in [-0.05, 0) is 81.2 Å². The molecule has 0 radical (unpaired) electrons. The molecule has 0 spiro atoms. The van der Waals surface area contributed by atoms with Gasteiger partial charge in [-0.15, -0.1) is 0 Å². The average molecular weight is 497 g/mol. The van der Waals surface area contributed by atoms with Crippen LogP contribution in [-0.2, 0) is 4.79 Å². The number of nitrogens with zero attached hydrogens (tertiary/aromatic N) is 3. The summed E-state index contributed by atoms with van der Waals surface area (Å²) in [5.41, 5.74) is 11.5. The summed E-state index contributed by atoms with van der Waals surface area (Å²) in [4.78, 5) is 44.6. The van der Waals surface area contributed by atoms with Gasteiger partial charge in [0.25, 0.3) is 11.8 Å². The van der Waals surface area contributed by atoms with Gasteiger partial charge in [-0.1, -0.05) is 0 Å². The molecule has 0 aliphatic rings. The van der Waals surface area contributed by atoms with Gasteiger partial charge in [-0.3, -0.25) is 24.3 Å². The lowest BCUT2D eigenvalue weighted by atomic mass is 10.0.